The largest absolute Gasteiger partial charge is 0.494 e. The Hall–Kier alpha value is -3.41. The van der Waals surface area contributed by atoms with Gasteiger partial charge in [-0.25, -0.2) is 9.37 Å². The number of benzene rings is 2. The normalized spacial score (nSPS) is 12.2. The maximum atomic E-state index is 13.6. The smallest absolute Gasteiger partial charge is 0.257 e. The first-order chi connectivity index (χ1) is 13.6. The van der Waals surface area contributed by atoms with E-state index in [1.54, 1.807) is 18.3 Å². The first kappa shape index (κ1) is 18.0. The summed E-state index contributed by atoms with van der Waals surface area (Å²) in [6.07, 6.45) is 3.06. The number of rotatable bonds is 5. The van der Waals surface area contributed by atoms with Gasteiger partial charge in [-0.15, -0.1) is 0 Å². The molecule has 0 radical (unpaired) electrons. The van der Waals surface area contributed by atoms with Gasteiger partial charge in [-0.3, -0.25) is 4.79 Å². The zero-order chi connectivity index (χ0) is 19.5. The van der Waals surface area contributed by atoms with Gasteiger partial charge in [0.2, 0.25) is 0 Å². The Balaban J connectivity index is 1.51. The molecular formula is C22H20FN3O2. The predicted octanol–water partition coefficient (Wildman–Crippen LogP) is 4.04. The summed E-state index contributed by atoms with van der Waals surface area (Å²) < 4.78 is 18.6. The number of carbonyl (C=O) groups is 1. The molecule has 5 nitrogen and oxygen atoms in total. The van der Waals surface area contributed by atoms with Crippen LogP contribution in [-0.4, -0.2) is 24.5 Å². The summed E-state index contributed by atoms with van der Waals surface area (Å²) in [6.45, 7) is 0.842. The summed E-state index contributed by atoms with van der Waals surface area (Å²) in [5, 5.41) is 6.16. The lowest BCUT2D eigenvalue weighted by atomic mass is 10.0. The van der Waals surface area contributed by atoms with Crippen molar-refractivity contribution in [1.29, 1.82) is 0 Å². The molecule has 2 heterocycles. The summed E-state index contributed by atoms with van der Waals surface area (Å²) >= 11 is 0. The fraction of sp³-hybridized carbons (Fsp3) is 0.182. The second-order valence-corrected chi connectivity index (χ2v) is 6.66. The number of ether oxygens (including phenoxy) is 1. The number of aromatic nitrogens is 1. The molecule has 0 aliphatic carbocycles. The highest BCUT2D eigenvalue weighted by Gasteiger charge is 2.18. The van der Waals surface area contributed by atoms with Crippen LogP contribution in [0, 0.1) is 5.82 Å². The van der Waals surface area contributed by atoms with Gasteiger partial charge in [-0.05, 0) is 65.9 Å². The third kappa shape index (κ3) is 3.67. The van der Waals surface area contributed by atoms with E-state index in [0.29, 0.717) is 17.8 Å². The third-order valence-corrected chi connectivity index (χ3v) is 4.80. The monoisotopic (exact) mass is 377 g/mol. The average Bonchev–Trinajstić information content (AvgIpc) is 3.18. The lowest BCUT2D eigenvalue weighted by Crippen LogP contribution is -2.15. The van der Waals surface area contributed by atoms with Crippen molar-refractivity contribution in [2.75, 3.05) is 24.3 Å². The standard InChI is InChI=1S/C22H20FN3O2/c1-28-20-12-14(5-6-18(20)23)11-15-7-9-25-21(13-15)26-22(27)17-3-2-4-19-16(17)8-10-24-19/h2-7,9,12-13,24H,8,10-11H2,1H3,(H,25,26,27). The molecule has 1 aromatic heterocycles. The van der Waals surface area contributed by atoms with E-state index in [9.17, 15) is 9.18 Å². The number of methoxy groups -OCH3 is 1. The van der Waals surface area contributed by atoms with Crippen molar-refractivity contribution in [3.8, 4) is 5.75 Å². The number of hydrogen-bond donors (Lipinski definition) is 2. The Labute approximate surface area is 162 Å². The van der Waals surface area contributed by atoms with E-state index in [4.69, 9.17) is 4.74 Å². The van der Waals surface area contributed by atoms with Crippen LogP contribution in [0.3, 0.4) is 0 Å². The molecule has 28 heavy (non-hydrogen) atoms. The number of carbonyl (C=O) groups excluding carboxylic acids is 1. The number of hydrogen-bond acceptors (Lipinski definition) is 4. The fourth-order valence-electron chi connectivity index (χ4n) is 3.44. The summed E-state index contributed by atoms with van der Waals surface area (Å²) in [5.41, 5.74) is 4.58. The highest BCUT2D eigenvalue weighted by molar-refractivity contribution is 6.06. The molecule has 1 aliphatic rings. The number of anilines is 2. The van der Waals surface area contributed by atoms with Crippen molar-refractivity contribution in [3.05, 3.63) is 82.8 Å². The molecule has 0 fully saturated rings. The van der Waals surface area contributed by atoms with E-state index in [0.717, 1.165) is 35.3 Å². The lowest BCUT2D eigenvalue weighted by Gasteiger charge is -2.10. The van der Waals surface area contributed by atoms with Gasteiger partial charge in [-0.1, -0.05) is 12.1 Å². The van der Waals surface area contributed by atoms with Gasteiger partial charge in [0.15, 0.2) is 11.6 Å². The summed E-state index contributed by atoms with van der Waals surface area (Å²) in [4.78, 5) is 17.0. The van der Waals surface area contributed by atoms with Crippen LogP contribution in [0.5, 0.6) is 5.75 Å². The van der Waals surface area contributed by atoms with Crippen molar-refractivity contribution in [1.82, 2.24) is 4.98 Å². The van der Waals surface area contributed by atoms with E-state index >= 15 is 0 Å². The molecule has 0 unspecified atom stereocenters. The molecule has 0 saturated heterocycles. The molecule has 2 aromatic carbocycles. The molecule has 0 spiro atoms. The number of pyridine rings is 1. The zero-order valence-electron chi connectivity index (χ0n) is 15.5. The number of nitrogens with one attached hydrogen (secondary N) is 2. The van der Waals surface area contributed by atoms with E-state index in [1.807, 2.05) is 30.3 Å². The van der Waals surface area contributed by atoms with Crippen LogP contribution in [-0.2, 0) is 12.8 Å². The number of fused-ring (bicyclic) bond motifs is 1. The van der Waals surface area contributed by atoms with Crippen LogP contribution in [0.25, 0.3) is 0 Å². The van der Waals surface area contributed by atoms with Gasteiger partial charge in [-0.2, -0.15) is 0 Å². The molecule has 2 N–H and O–H groups in total. The maximum absolute atomic E-state index is 13.6. The van der Waals surface area contributed by atoms with Crippen LogP contribution in [0.4, 0.5) is 15.9 Å². The van der Waals surface area contributed by atoms with Gasteiger partial charge in [0.25, 0.3) is 5.91 Å². The first-order valence-electron chi connectivity index (χ1n) is 9.08. The van der Waals surface area contributed by atoms with Crippen molar-refractivity contribution < 1.29 is 13.9 Å². The second kappa shape index (κ2) is 7.68. The molecule has 0 saturated carbocycles. The summed E-state index contributed by atoms with van der Waals surface area (Å²) in [7, 11) is 1.44. The Morgan fingerprint density at radius 3 is 2.93 bits per heavy atom. The minimum atomic E-state index is -0.390. The van der Waals surface area contributed by atoms with Crippen LogP contribution in [0.15, 0.2) is 54.7 Å². The zero-order valence-corrected chi connectivity index (χ0v) is 15.5. The van der Waals surface area contributed by atoms with Crippen molar-refractivity contribution >= 4 is 17.4 Å². The van der Waals surface area contributed by atoms with Crippen LogP contribution in [0.1, 0.15) is 27.0 Å². The molecule has 1 amide bonds. The number of amides is 1. The highest BCUT2D eigenvalue weighted by Crippen LogP contribution is 2.26. The van der Waals surface area contributed by atoms with E-state index < -0.39 is 0 Å². The number of nitrogens with zero attached hydrogens (tertiary/aromatic N) is 1. The van der Waals surface area contributed by atoms with Gasteiger partial charge in [0, 0.05) is 24.0 Å². The van der Waals surface area contributed by atoms with Crippen molar-refractivity contribution in [3.63, 3.8) is 0 Å². The molecule has 0 atom stereocenters. The molecule has 4 rings (SSSR count). The Kier molecular flexibility index (Phi) is 4.93. The van der Waals surface area contributed by atoms with E-state index in [2.05, 4.69) is 15.6 Å². The quantitative estimate of drug-likeness (QED) is 0.704. The Bertz CT molecular complexity index is 1040. The van der Waals surface area contributed by atoms with E-state index in [-0.39, 0.29) is 17.5 Å². The first-order valence-corrected chi connectivity index (χ1v) is 9.08. The fourth-order valence-corrected chi connectivity index (χ4v) is 3.44. The third-order valence-electron chi connectivity index (χ3n) is 4.80. The molecule has 142 valence electrons. The summed E-state index contributed by atoms with van der Waals surface area (Å²) in [6, 6.07) is 14.2. The Morgan fingerprint density at radius 1 is 1.21 bits per heavy atom. The van der Waals surface area contributed by atoms with Gasteiger partial charge in [0.1, 0.15) is 5.82 Å². The molecule has 1 aliphatic heterocycles. The van der Waals surface area contributed by atoms with Crippen LogP contribution in [0.2, 0.25) is 0 Å². The molecule has 0 bridgehead atoms. The molecular weight excluding hydrogens is 357 g/mol. The predicted molar refractivity (Wildman–Crippen MR) is 107 cm³/mol. The van der Waals surface area contributed by atoms with E-state index in [1.165, 1.54) is 13.2 Å². The summed E-state index contributed by atoms with van der Waals surface area (Å²) in [5.74, 6) is 0.138. The Morgan fingerprint density at radius 2 is 2.07 bits per heavy atom. The lowest BCUT2D eigenvalue weighted by molar-refractivity contribution is 0.102. The minimum absolute atomic E-state index is 0.173. The van der Waals surface area contributed by atoms with Crippen molar-refractivity contribution in [2.24, 2.45) is 0 Å². The van der Waals surface area contributed by atoms with Crippen molar-refractivity contribution in [2.45, 2.75) is 12.8 Å². The molecule has 3 aromatic rings. The van der Waals surface area contributed by atoms with Crippen LogP contribution >= 0.6 is 0 Å². The highest BCUT2D eigenvalue weighted by atomic mass is 19.1. The number of halogens is 1. The molecule has 6 heteroatoms. The second-order valence-electron chi connectivity index (χ2n) is 6.66. The van der Waals surface area contributed by atoms with Gasteiger partial charge in [0.05, 0.1) is 7.11 Å². The van der Waals surface area contributed by atoms with Crippen LogP contribution < -0.4 is 15.4 Å². The minimum Gasteiger partial charge on any atom is -0.494 e. The average molecular weight is 377 g/mol. The topological polar surface area (TPSA) is 63.2 Å². The SMILES string of the molecule is COc1cc(Cc2ccnc(NC(=O)c3cccc4c3CCN4)c2)ccc1F. The van der Waals surface area contributed by atoms with Gasteiger partial charge < -0.3 is 15.4 Å². The maximum Gasteiger partial charge on any atom is 0.257 e. The van der Waals surface area contributed by atoms with Gasteiger partial charge >= 0.3 is 0 Å².